The number of nitrogens with zero attached hydrogens (tertiary/aromatic N) is 6. The van der Waals surface area contributed by atoms with E-state index in [4.69, 9.17) is 27.9 Å². The van der Waals surface area contributed by atoms with Crippen LogP contribution in [0.1, 0.15) is 25.0 Å². The summed E-state index contributed by atoms with van der Waals surface area (Å²) in [5.74, 6) is 0.973. The van der Waals surface area contributed by atoms with Gasteiger partial charge in [-0.15, -0.1) is 0 Å². The number of aliphatic hydroxyl groups is 1. The van der Waals surface area contributed by atoms with E-state index in [1.807, 2.05) is 0 Å². The average molecular weight is 531 g/mol. The lowest BCUT2D eigenvalue weighted by Crippen LogP contribution is -2.39. The molecular formula is C24H24Cl2N6O4. The van der Waals surface area contributed by atoms with E-state index in [2.05, 4.69) is 19.9 Å². The van der Waals surface area contributed by atoms with Crippen molar-refractivity contribution in [3.05, 3.63) is 62.9 Å². The summed E-state index contributed by atoms with van der Waals surface area (Å²) >= 11 is 12.3. The standard InChI is InChI=1S/C24H24Cl2N6O4/c1-14-18(31-9-6-19(33)23(31)35)2-3-21(29-14)32-13-17(26)20(10-22(32)34)36-16-4-7-30(8-5-16)24-27-11-15(25)12-28-24/h2-3,10-13,16,19,33H,4-9H2,1H3/t19-/m0/s1. The lowest BCUT2D eigenvalue weighted by molar-refractivity contribution is -0.124. The number of hydrogen-bond acceptors (Lipinski definition) is 8. The fraction of sp³-hybridized carbons (Fsp3) is 0.375. The molecule has 2 fully saturated rings. The molecule has 3 aromatic heterocycles. The van der Waals surface area contributed by atoms with Gasteiger partial charge in [0.2, 0.25) is 5.95 Å². The topological polar surface area (TPSA) is 114 Å². The van der Waals surface area contributed by atoms with E-state index in [-0.39, 0.29) is 17.6 Å². The van der Waals surface area contributed by atoms with Gasteiger partial charge in [0, 0.05) is 51.2 Å². The molecule has 2 aliphatic rings. The number of pyridine rings is 2. The highest BCUT2D eigenvalue weighted by Crippen LogP contribution is 2.29. The Morgan fingerprint density at radius 1 is 1.06 bits per heavy atom. The van der Waals surface area contributed by atoms with Gasteiger partial charge in [0.25, 0.3) is 11.5 Å². The molecule has 5 heterocycles. The molecule has 12 heteroatoms. The van der Waals surface area contributed by atoms with Crippen LogP contribution in [0.5, 0.6) is 5.75 Å². The molecule has 0 bridgehead atoms. The number of piperidine rings is 1. The van der Waals surface area contributed by atoms with E-state index in [0.29, 0.717) is 65.0 Å². The number of halogens is 2. The van der Waals surface area contributed by atoms with Crippen molar-refractivity contribution in [2.75, 3.05) is 29.4 Å². The predicted molar refractivity (Wildman–Crippen MR) is 135 cm³/mol. The van der Waals surface area contributed by atoms with E-state index in [1.54, 1.807) is 31.5 Å². The fourth-order valence-electron chi connectivity index (χ4n) is 4.45. The smallest absolute Gasteiger partial charge is 0.260 e. The third-order valence-electron chi connectivity index (χ3n) is 6.35. The molecule has 0 aromatic carbocycles. The summed E-state index contributed by atoms with van der Waals surface area (Å²) in [5, 5.41) is 10.5. The fourth-order valence-corrected chi connectivity index (χ4v) is 4.74. The molecule has 1 atom stereocenters. The molecule has 0 unspecified atom stereocenters. The Balaban J connectivity index is 1.28. The molecule has 1 N–H and O–H groups in total. The monoisotopic (exact) mass is 530 g/mol. The maximum absolute atomic E-state index is 12.9. The van der Waals surface area contributed by atoms with Gasteiger partial charge in [0.05, 0.1) is 33.8 Å². The summed E-state index contributed by atoms with van der Waals surface area (Å²) in [4.78, 5) is 41.6. The van der Waals surface area contributed by atoms with Crippen molar-refractivity contribution in [1.29, 1.82) is 0 Å². The van der Waals surface area contributed by atoms with Gasteiger partial charge >= 0.3 is 0 Å². The van der Waals surface area contributed by atoms with E-state index in [9.17, 15) is 14.7 Å². The van der Waals surface area contributed by atoms with Crippen molar-refractivity contribution >= 4 is 40.7 Å². The lowest BCUT2D eigenvalue weighted by Gasteiger charge is -2.32. The number of aromatic nitrogens is 4. The van der Waals surface area contributed by atoms with Crippen LogP contribution in [0.3, 0.4) is 0 Å². The number of rotatable bonds is 5. The molecule has 5 rings (SSSR count). The molecule has 0 spiro atoms. The number of carbonyl (C=O) groups excluding carboxylic acids is 1. The molecule has 36 heavy (non-hydrogen) atoms. The summed E-state index contributed by atoms with van der Waals surface area (Å²) in [7, 11) is 0. The summed E-state index contributed by atoms with van der Waals surface area (Å²) in [6.07, 6.45) is 5.36. The molecule has 2 aliphatic heterocycles. The Morgan fingerprint density at radius 3 is 2.42 bits per heavy atom. The minimum Gasteiger partial charge on any atom is -0.488 e. The third-order valence-corrected chi connectivity index (χ3v) is 6.83. The Bertz CT molecular complexity index is 1340. The van der Waals surface area contributed by atoms with Gasteiger partial charge in [-0.1, -0.05) is 23.2 Å². The quantitative estimate of drug-likeness (QED) is 0.535. The zero-order valence-electron chi connectivity index (χ0n) is 19.5. The molecule has 188 valence electrons. The van der Waals surface area contributed by atoms with Crippen LogP contribution in [-0.2, 0) is 4.79 Å². The maximum atomic E-state index is 12.9. The van der Waals surface area contributed by atoms with Gasteiger partial charge in [-0.3, -0.25) is 14.2 Å². The second kappa shape index (κ2) is 10.0. The minimum atomic E-state index is -0.990. The molecule has 2 saturated heterocycles. The van der Waals surface area contributed by atoms with E-state index in [0.717, 1.165) is 12.8 Å². The van der Waals surface area contributed by atoms with Crippen molar-refractivity contribution in [1.82, 2.24) is 19.5 Å². The van der Waals surface area contributed by atoms with Crippen molar-refractivity contribution in [2.45, 2.75) is 38.4 Å². The van der Waals surface area contributed by atoms with Gasteiger partial charge < -0.3 is 19.6 Å². The summed E-state index contributed by atoms with van der Waals surface area (Å²) in [6, 6.07) is 4.73. The maximum Gasteiger partial charge on any atom is 0.260 e. The normalized spacial score (nSPS) is 18.7. The Labute approximate surface area is 217 Å². The first-order valence-electron chi connectivity index (χ1n) is 11.6. The number of ether oxygens (including phenoxy) is 1. The highest BCUT2D eigenvalue weighted by Gasteiger charge is 2.32. The number of hydrogen-bond donors (Lipinski definition) is 1. The van der Waals surface area contributed by atoms with Gasteiger partial charge in [0.1, 0.15) is 23.8 Å². The van der Waals surface area contributed by atoms with Gasteiger partial charge in [0.15, 0.2) is 0 Å². The van der Waals surface area contributed by atoms with Gasteiger partial charge in [-0.05, 0) is 19.1 Å². The second-order valence-electron chi connectivity index (χ2n) is 8.77. The first-order chi connectivity index (χ1) is 17.3. The lowest BCUT2D eigenvalue weighted by atomic mass is 10.1. The highest BCUT2D eigenvalue weighted by molar-refractivity contribution is 6.32. The van der Waals surface area contributed by atoms with Gasteiger partial charge in [-0.25, -0.2) is 15.0 Å². The van der Waals surface area contributed by atoms with Crippen molar-refractivity contribution in [3.8, 4) is 11.6 Å². The van der Waals surface area contributed by atoms with Crippen molar-refractivity contribution in [3.63, 3.8) is 0 Å². The van der Waals surface area contributed by atoms with Crippen LogP contribution in [0.15, 0.2) is 41.6 Å². The molecule has 0 aliphatic carbocycles. The molecule has 10 nitrogen and oxygen atoms in total. The third kappa shape index (κ3) is 4.88. The highest BCUT2D eigenvalue weighted by atomic mass is 35.5. The van der Waals surface area contributed by atoms with Crippen LogP contribution in [0.25, 0.3) is 5.82 Å². The van der Waals surface area contributed by atoms with Crippen molar-refractivity contribution < 1.29 is 14.6 Å². The summed E-state index contributed by atoms with van der Waals surface area (Å²) in [6.45, 7) is 3.58. The molecule has 0 saturated carbocycles. The van der Waals surface area contributed by atoms with Gasteiger partial charge in [-0.2, -0.15) is 0 Å². The Hall–Kier alpha value is -3.21. The Morgan fingerprint density at radius 2 is 1.78 bits per heavy atom. The van der Waals surface area contributed by atoms with Crippen LogP contribution in [0.4, 0.5) is 11.6 Å². The average Bonchev–Trinajstić information content (AvgIpc) is 3.20. The summed E-state index contributed by atoms with van der Waals surface area (Å²) in [5.41, 5.74) is 0.832. The first kappa shape index (κ1) is 24.5. The van der Waals surface area contributed by atoms with E-state index in [1.165, 1.54) is 21.7 Å². The summed E-state index contributed by atoms with van der Waals surface area (Å²) < 4.78 is 7.41. The zero-order chi connectivity index (χ0) is 25.4. The molecular weight excluding hydrogens is 507 g/mol. The minimum absolute atomic E-state index is 0.102. The number of anilines is 2. The SMILES string of the molecule is Cc1nc(-n2cc(Cl)c(OC3CCN(c4ncc(Cl)cn4)CC3)cc2=O)ccc1N1CC[C@H](O)C1=O. The Kier molecular flexibility index (Phi) is 6.83. The number of carbonyl (C=O) groups is 1. The second-order valence-corrected chi connectivity index (χ2v) is 9.61. The molecule has 1 amide bonds. The largest absolute Gasteiger partial charge is 0.488 e. The number of aryl methyl sites for hydroxylation is 1. The van der Waals surface area contributed by atoms with Crippen LogP contribution >= 0.6 is 23.2 Å². The first-order valence-corrected chi connectivity index (χ1v) is 12.3. The van der Waals surface area contributed by atoms with Crippen LogP contribution in [0, 0.1) is 6.92 Å². The molecule has 3 aromatic rings. The van der Waals surface area contributed by atoms with Crippen LogP contribution in [-0.4, -0.2) is 62.4 Å². The zero-order valence-corrected chi connectivity index (χ0v) is 21.0. The number of amides is 1. The molecule has 0 radical (unpaired) electrons. The predicted octanol–water partition coefficient (Wildman–Crippen LogP) is 2.78. The van der Waals surface area contributed by atoms with Crippen LogP contribution < -0.4 is 20.1 Å². The van der Waals surface area contributed by atoms with Crippen LogP contribution in [0.2, 0.25) is 10.0 Å². The number of aliphatic hydroxyl groups excluding tert-OH is 1. The van der Waals surface area contributed by atoms with E-state index < -0.39 is 6.10 Å². The van der Waals surface area contributed by atoms with E-state index >= 15 is 0 Å². The van der Waals surface area contributed by atoms with Crippen molar-refractivity contribution in [2.24, 2.45) is 0 Å².